The molecule has 0 aromatic rings. The molecule has 0 aromatic carbocycles. The number of carboxylic acid groups (broad SMARTS) is 1. The molecule has 7 heteroatoms. The molecule has 0 radical (unpaired) electrons. The van der Waals surface area contributed by atoms with Crippen molar-refractivity contribution in [3.05, 3.63) is 0 Å². The van der Waals surface area contributed by atoms with Crippen molar-refractivity contribution in [1.82, 2.24) is 10.6 Å². The van der Waals surface area contributed by atoms with E-state index in [1.807, 2.05) is 0 Å². The third kappa shape index (κ3) is 5.29. The molecule has 0 aromatic heterocycles. The molecule has 0 bridgehead atoms. The highest BCUT2D eigenvalue weighted by Gasteiger charge is 2.35. The SMILES string of the molecule is COCC(C)(NC(=O)CC(C)NC(=O)C1CCCC1)C(=O)O. The van der Waals surface area contributed by atoms with Gasteiger partial charge in [-0.2, -0.15) is 0 Å². The molecule has 3 N–H and O–H groups in total. The van der Waals surface area contributed by atoms with Gasteiger partial charge in [0.1, 0.15) is 0 Å². The third-order valence-electron chi connectivity index (χ3n) is 3.93. The van der Waals surface area contributed by atoms with E-state index in [-0.39, 0.29) is 30.9 Å². The van der Waals surface area contributed by atoms with Gasteiger partial charge in [-0.15, -0.1) is 0 Å². The molecule has 1 aliphatic rings. The zero-order chi connectivity index (χ0) is 16.8. The van der Waals surface area contributed by atoms with Crippen LogP contribution in [-0.2, 0) is 19.1 Å². The van der Waals surface area contributed by atoms with Gasteiger partial charge in [-0.1, -0.05) is 12.8 Å². The minimum Gasteiger partial charge on any atom is -0.479 e. The molecule has 2 unspecified atom stereocenters. The van der Waals surface area contributed by atoms with E-state index in [0.717, 1.165) is 25.7 Å². The number of aliphatic carboxylic acids is 1. The number of hydrogen-bond donors (Lipinski definition) is 3. The Morgan fingerprint density at radius 2 is 1.91 bits per heavy atom. The third-order valence-corrected chi connectivity index (χ3v) is 3.93. The van der Waals surface area contributed by atoms with Crippen LogP contribution in [0.3, 0.4) is 0 Å². The first kappa shape index (κ1) is 18.4. The summed E-state index contributed by atoms with van der Waals surface area (Å²) in [5, 5.41) is 14.4. The predicted octanol–water partition coefficient (Wildman–Crippen LogP) is 0.677. The van der Waals surface area contributed by atoms with E-state index < -0.39 is 17.4 Å². The summed E-state index contributed by atoms with van der Waals surface area (Å²) >= 11 is 0. The first-order valence-electron chi connectivity index (χ1n) is 7.62. The van der Waals surface area contributed by atoms with E-state index in [9.17, 15) is 19.5 Å². The molecular formula is C15H26N2O5. The number of hydrogen-bond acceptors (Lipinski definition) is 4. The Kier molecular flexibility index (Phi) is 6.80. The summed E-state index contributed by atoms with van der Waals surface area (Å²) in [5.41, 5.74) is -1.47. The van der Waals surface area contributed by atoms with E-state index in [1.165, 1.54) is 14.0 Å². The van der Waals surface area contributed by atoms with Crippen LogP contribution in [0.4, 0.5) is 0 Å². The van der Waals surface area contributed by atoms with Crippen molar-refractivity contribution >= 4 is 17.8 Å². The minimum atomic E-state index is -1.47. The first-order chi connectivity index (χ1) is 10.3. The second-order valence-electron chi connectivity index (χ2n) is 6.21. The Bertz CT molecular complexity index is 420. The molecule has 2 atom stereocenters. The lowest BCUT2D eigenvalue weighted by Gasteiger charge is -2.26. The van der Waals surface area contributed by atoms with Crippen molar-refractivity contribution in [2.24, 2.45) is 5.92 Å². The predicted molar refractivity (Wildman–Crippen MR) is 80.2 cm³/mol. The Morgan fingerprint density at radius 3 is 2.41 bits per heavy atom. The van der Waals surface area contributed by atoms with E-state index in [2.05, 4.69) is 10.6 Å². The van der Waals surface area contributed by atoms with Gasteiger partial charge in [0.25, 0.3) is 0 Å². The maximum atomic E-state index is 12.0. The minimum absolute atomic E-state index is 0.0179. The molecule has 1 saturated carbocycles. The van der Waals surface area contributed by atoms with Gasteiger partial charge in [0.2, 0.25) is 11.8 Å². The molecule has 2 amide bonds. The lowest BCUT2D eigenvalue weighted by Crippen LogP contribution is -2.56. The number of carbonyl (C=O) groups excluding carboxylic acids is 2. The van der Waals surface area contributed by atoms with Gasteiger partial charge in [-0.3, -0.25) is 9.59 Å². The van der Waals surface area contributed by atoms with E-state index in [1.54, 1.807) is 6.92 Å². The maximum Gasteiger partial charge on any atom is 0.331 e. The average Bonchev–Trinajstić information content (AvgIpc) is 2.91. The van der Waals surface area contributed by atoms with E-state index in [0.29, 0.717) is 0 Å². The molecule has 126 valence electrons. The highest BCUT2D eigenvalue weighted by atomic mass is 16.5. The van der Waals surface area contributed by atoms with Gasteiger partial charge in [0.05, 0.1) is 6.61 Å². The second-order valence-corrected chi connectivity index (χ2v) is 6.21. The van der Waals surface area contributed by atoms with Crippen molar-refractivity contribution < 1.29 is 24.2 Å². The zero-order valence-corrected chi connectivity index (χ0v) is 13.5. The molecule has 1 fully saturated rings. The van der Waals surface area contributed by atoms with Crippen molar-refractivity contribution in [3.8, 4) is 0 Å². The number of rotatable bonds is 8. The lowest BCUT2D eigenvalue weighted by atomic mass is 10.0. The fraction of sp³-hybridized carbons (Fsp3) is 0.800. The molecule has 0 spiro atoms. The van der Waals surface area contributed by atoms with Crippen LogP contribution in [0.5, 0.6) is 0 Å². The largest absolute Gasteiger partial charge is 0.479 e. The highest BCUT2D eigenvalue weighted by Crippen LogP contribution is 2.24. The molecule has 0 aliphatic heterocycles. The Morgan fingerprint density at radius 1 is 1.32 bits per heavy atom. The number of amides is 2. The Labute approximate surface area is 130 Å². The fourth-order valence-electron chi connectivity index (χ4n) is 2.68. The van der Waals surface area contributed by atoms with Crippen LogP contribution in [0.2, 0.25) is 0 Å². The van der Waals surface area contributed by atoms with Crippen molar-refractivity contribution in [3.63, 3.8) is 0 Å². The molecule has 1 aliphatic carbocycles. The lowest BCUT2D eigenvalue weighted by molar-refractivity contribution is -0.149. The van der Waals surface area contributed by atoms with Crippen LogP contribution in [0.15, 0.2) is 0 Å². The average molecular weight is 314 g/mol. The van der Waals surface area contributed by atoms with E-state index in [4.69, 9.17) is 4.74 Å². The van der Waals surface area contributed by atoms with E-state index >= 15 is 0 Å². The fourth-order valence-corrected chi connectivity index (χ4v) is 2.68. The number of carbonyl (C=O) groups is 3. The van der Waals surface area contributed by atoms with Gasteiger partial charge in [0, 0.05) is 25.5 Å². The second kappa shape index (κ2) is 8.12. The van der Waals surface area contributed by atoms with Gasteiger partial charge < -0.3 is 20.5 Å². The maximum absolute atomic E-state index is 12.0. The topological polar surface area (TPSA) is 105 Å². The Hall–Kier alpha value is -1.63. The van der Waals surface area contributed by atoms with Gasteiger partial charge in [-0.05, 0) is 26.7 Å². The van der Waals surface area contributed by atoms with Crippen LogP contribution in [0, 0.1) is 5.92 Å². The Balaban J connectivity index is 2.45. The number of ether oxygens (including phenoxy) is 1. The number of carboxylic acids is 1. The molecule has 0 saturated heterocycles. The summed E-state index contributed by atoms with van der Waals surface area (Å²) in [7, 11) is 1.37. The highest BCUT2D eigenvalue weighted by molar-refractivity contribution is 5.87. The van der Waals surface area contributed by atoms with Crippen LogP contribution in [-0.4, -0.2) is 48.2 Å². The molecule has 22 heavy (non-hydrogen) atoms. The first-order valence-corrected chi connectivity index (χ1v) is 7.62. The van der Waals surface area contributed by atoms with Crippen LogP contribution in [0.1, 0.15) is 46.0 Å². The summed E-state index contributed by atoms with van der Waals surface area (Å²) < 4.78 is 4.84. The molecule has 0 heterocycles. The van der Waals surface area contributed by atoms with Crippen LogP contribution in [0.25, 0.3) is 0 Å². The van der Waals surface area contributed by atoms with Gasteiger partial charge >= 0.3 is 5.97 Å². The zero-order valence-electron chi connectivity index (χ0n) is 13.5. The summed E-state index contributed by atoms with van der Waals surface area (Å²) in [6.07, 6.45) is 3.97. The van der Waals surface area contributed by atoms with Crippen molar-refractivity contribution in [1.29, 1.82) is 0 Å². The standard InChI is InChI=1S/C15H26N2O5/c1-10(16-13(19)11-6-4-5-7-11)8-12(18)17-15(2,9-22-3)14(20)21/h10-11H,4-9H2,1-3H3,(H,16,19)(H,17,18)(H,20,21). The number of nitrogens with one attached hydrogen (secondary N) is 2. The van der Waals surface area contributed by atoms with Crippen LogP contribution >= 0.6 is 0 Å². The van der Waals surface area contributed by atoms with Gasteiger partial charge in [-0.25, -0.2) is 4.79 Å². The normalized spacial score (nSPS) is 19.2. The number of methoxy groups -OCH3 is 1. The molecular weight excluding hydrogens is 288 g/mol. The smallest absolute Gasteiger partial charge is 0.331 e. The molecule has 7 nitrogen and oxygen atoms in total. The van der Waals surface area contributed by atoms with Gasteiger partial charge in [0.15, 0.2) is 5.54 Å². The van der Waals surface area contributed by atoms with Crippen molar-refractivity contribution in [2.45, 2.75) is 57.5 Å². The summed E-state index contributed by atoms with van der Waals surface area (Å²) in [6, 6.07) is -0.339. The summed E-state index contributed by atoms with van der Waals surface area (Å²) in [5.74, 6) is -1.56. The monoisotopic (exact) mass is 314 g/mol. The van der Waals surface area contributed by atoms with Crippen LogP contribution < -0.4 is 10.6 Å². The summed E-state index contributed by atoms with van der Waals surface area (Å²) in [4.78, 5) is 35.2. The van der Waals surface area contributed by atoms with Crippen molar-refractivity contribution in [2.75, 3.05) is 13.7 Å². The summed E-state index contributed by atoms with van der Waals surface area (Å²) in [6.45, 7) is 3.00. The molecule has 1 rings (SSSR count). The quantitative estimate of drug-likeness (QED) is 0.611.